The minimum absolute atomic E-state index is 0.0602. The Morgan fingerprint density at radius 3 is 3.00 bits per heavy atom. The standard InChI is InChI=1S/C7H14N2OS/c1-2-3-7(8-10)9-4-5-11-6-9/h7H,2-6H2,1H3. The number of nitroso groups, excluding NO2 is 1. The summed E-state index contributed by atoms with van der Waals surface area (Å²) in [5.41, 5.74) is 0. The third-order valence-corrected chi connectivity index (χ3v) is 2.86. The molecule has 1 unspecified atom stereocenters. The van der Waals surface area contributed by atoms with Gasteiger partial charge in [0.15, 0.2) is 0 Å². The van der Waals surface area contributed by atoms with E-state index in [9.17, 15) is 4.91 Å². The molecule has 0 amide bonds. The highest BCUT2D eigenvalue weighted by atomic mass is 32.2. The van der Waals surface area contributed by atoms with Gasteiger partial charge in [-0.05, 0) is 6.42 Å². The largest absolute Gasteiger partial charge is 0.269 e. The van der Waals surface area contributed by atoms with Crippen LogP contribution in [-0.4, -0.2) is 29.2 Å². The predicted octanol–water partition coefficient (Wildman–Crippen LogP) is 1.89. The Kier molecular flexibility index (Phi) is 3.86. The smallest absolute Gasteiger partial charge is 0.145 e. The monoisotopic (exact) mass is 174 g/mol. The number of hydrogen-bond donors (Lipinski definition) is 0. The van der Waals surface area contributed by atoms with Crippen molar-refractivity contribution in [1.82, 2.24) is 4.90 Å². The molecule has 0 saturated carbocycles. The third kappa shape index (κ3) is 2.45. The Bertz CT molecular complexity index is 126. The minimum Gasteiger partial charge on any atom is -0.269 e. The fourth-order valence-corrected chi connectivity index (χ4v) is 2.25. The molecule has 11 heavy (non-hydrogen) atoms. The Morgan fingerprint density at radius 1 is 1.73 bits per heavy atom. The van der Waals surface area contributed by atoms with E-state index in [0.717, 1.165) is 31.0 Å². The second kappa shape index (κ2) is 4.72. The highest BCUT2D eigenvalue weighted by Crippen LogP contribution is 2.19. The first-order valence-corrected chi connectivity index (χ1v) is 5.18. The van der Waals surface area contributed by atoms with Gasteiger partial charge in [-0.1, -0.05) is 18.5 Å². The van der Waals surface area contributed by atoms with Crippen LogP contribution in [0, 0.1) is 4.91 Å². The lowest BCUT2D eigenvalue weighted by Gasteiger charge is -2.18. The Hall–Kier alpha value is -0.0900. The van der Waals surface area contributed by atoms with E-state index in [-0.39, 0.29) is 6.17 Å². The van der Waals surface area contributed by atoms with E-state index in [2.05, 4.69) is 17.0 Å². The summed E-state index contributed by atoms with van der Waals surface area (Å²) in [6.07, 6.45) is 1.89. The lowest BCUT2D eigenvalue weighted by atomic mass is 10.2. The molecular formula is C7H14N2OS. The number of rotatable bonds is 4. The van der Waals surface area contributed by atoms with Crippen molar-refractivity contribution in [2.24, 2.45) is 5.18 Å². The molecule has 0 aliphatic carbocycles. The summed E-state index contributed by atoms with van der Waals surface area (Å²) in [5.74, 6) is 2.13. The molecule has 64 valence electrons. The minimum atomic E-state index is -0.0602. The summed E-state index contributed by atoms with van der Waals surface area (Å²) in [6, 6.07) is 0. The first-order chi connectivity index (χ1) is 5.38. The molecule has 1 atom stereocenters. The topological polar surface area (TPSA) is 32.7 Å². The van der Waals surface area contributed by atoms with Crippen molar-refractivity contribution in [1.29, 1.82) is 0 Å². The second-order valence-corrected chi connectivity index (χ2v) is 3.80. The fraction of sp³-hybridized carbons (Fsp3) is 1.00. The van der Waals surface area contributed by atoms with E-state index in [4.69, 9.17) is 0 Å². The Labute approximate surface area is 71.5 Å². The van der Waals surface area contributed by atoms with Crippen molar-refractivity contribution >= 4 is 11.8 Å². The molecule has 1 saturated heterocycles. The maximum absolute atomic E-state index is 10.4. The summed E-state index contributed by atoms with van der Waals surface area (Å²) < 4.78 is 0. The molecule has 1 rings (SSSR count). The van der Waals surface area contributed by atoms with Crippen LogP contribution in [0.3, 0.4) is 0 Å². The van der Waals surface area contributed by atoms with Crippen molar-refractivity contribution in [2.45, 2.75) is 25.9 Å². The zero-order valence-electron chi connectivity index (χ0n) is 6.82. The van der Waals surface area contributed by atoms with Crippen molar-refractivity contribution in [3.8, 4) is 0 Å². The van der Waals surface area contributed by atoms with Crippen LogP contribution in [0.15, 0.2) is 5.18 Å². The van der Waals surface area contributed by atoms with Gasteiger partial charge in [-0.3, -0.25) is 4.90 Å². The van der Waals surface area contributed by atoms with Crippen LogP contribution in [0.25, 0.3) is 0 Å². The van der Waals surface area contributed by atoms with Crippen molar-refractivity contribution in [3.63, 3.8) is 0 Å². The highest BCUT2D eigenvalue weighted by molar-refractivity contribution is 7.99. The van der Waals surface area contributed by atoms with E-state index in [1.54, 1.807) is 0 Å². The van der Waals surface area contributed by atoms with Gasteiger partial charge in [0, 0.05) is 18.2 Å². The van der Waals surface area contributed by atoms with E-state index in [1.165, 1.54) is 0 Å². The molecule has 0 aromatic heterocycles. The summed E-state index contributed by atoms with van der Waals surface area (Å²) in [5, 5.41) is 3.12. The molecule has 1 heterocycles. The van der Waals surface area contributed by atoms with Gasteiger partial charge in [-0.25, -0.2) is 0 Å². The van der Waals surface area contributed by atoms with Gasteiger partial charge < -0.3 is 0 Å². The molecule has 0 spiro atoms. The Balaban J connectivity index is 2.33. The zero-order chi connectivity index (χ0) is 8.10. The molecule has 1 aliphatic heterocycles. The van der Waals surface area contributed by atoms with Gasteiger partial charge in [0.1, 0.15) is 6.17 Å². The van der Waals surface area contributed by atoms with Crippen LogP contribution in [0.1, 0.15) is 19.8 Å². The van der Waals surface area contributed by atoms with Crippen LogP contribution in [0.5, 0.6) is 0 Å². The lowest BCUT2D eigenvalue weighted by molar-refractivity contribution is 0.247. The van der Waals surface area contributed by atoms with Gasteiger partial charge >= 0.3 is 0 Å². The number of thioether (sulfide) groups is 1. The first-order valence-electron chi connectivity index (χ1n) is 4.02. The predicted molar refractivity (Wildman–Crippen MR) is 48.5 cm³/mol. The fourth-order valence-electron chi connectivity index (χ4n) is 1.22. The van der Waals surface area contributed by atoms with E-state index in [0.29, 0.717) is 0 Å². The van der Waals surface area contributed by atoms with Crippen LogP contribution >= 0.6 is 11.8 Å². The molecule has 0 N–H and O–H groups in total. The Morgan fingerprint density at radius 2 is 2.55 bits per heavy atom. The number of hydrogen-bond acceptors (Lipinski definition) is 4. The third-order valence-electron chi connectivity index (χ3n) is 1.87. The maximum atomic E-state index is 10.4. The molecular weight excluding hydrogens is 160 g/mol. The molecule has 3 nitrogen and oxygen atoms in total. The highest BCUT2D eigenvalue weighted by Gasteiger charge is 2.21. The average molecular weight is 174 g/mol. The zero-order valence-corrected chi connectivity index (χ0v) is 7.64. The van der Waals surface area contributed by atoms with E-state index >= 15 is 0 Å². The summed E-state index contributed by atoms with van der Waals surface area (Å²) in [6.45, 7) is 3.11. The SMILES string of the molecule is CCCC(N=O)N1CCSC1. The van der Waals surface area contributed by atoms with Gasteiger partial charge in [0.25, 0.3) is 0 Å². The van der Waals surface area contributed by atoms with Crippen LogP contribution in [0.4, 0.5) is 0 Å². The first kappa shape index (κ1) is 9.00. The molecule has 0 aromatic carbocycles. The molecule has 4 heteroatoms. The van der Waals surface area contributed by atoms with Crippen LogP contribution < -0.4 is 0 Å². The summed E-state index contributed by atoms with van der Waals surface area (Å²) >= 11 is 1.88. The van der Waals surface area contributed by atoms with Crippen molar-refractivity contribution in [2.75, 3.05) is 18.2 Å². The van der Waals surface area contributed by atoms with Crippen LogP contribution in [0.2, 0.25) is 0 Å². The summed E-state index contributed by atoms with van der Waals surface area (Å²) in [4.78, 5) is 12.5. The molecule has 0 aromatic rings. The van der Waals surface area contributed by atoms with Crippen molar-refractivity contribution in [3.05, 3.63) is 4.91 Å². The number of nitrogens with zero attached hydrogens (tertiary/aromatic N) is 2. The average Bonchev–Trinajstić information content (AvgIpc) is 2.52. The molecule has 0 radical (unpaired) electrons. The molecule has 1 fully saturated rings. The van der Waals surface area contributed by atoms with Gasteiger partial charge in [-0.2, -0.15) is 0 Å². The summed E-state index contributed by atoms with van der Waals surface area (Å²) in [7, 11) is 0. The van der Waals surface area contributed by atoms with Crippen molar-refractivity contribution < 1.29 is 0 Å². The lowest BCUT2D eigenvalue weighted by Crippen LogP contribution is -2.30. The van der Waals surface area contributed by atoms with Gasteiger partial charge in [-0.15, -0.1) is 16.7 Å². The van der Waals surface area contributed by atoms with Gasteiger partial charge in [0.2, 0.25) is 0 Å². The van der Waals surface area contributed by atoms with Crippen LogP contribution in [-0.2, 0) is 0 Å². The maximum Gasteiger partial charge on any atom is 0.145 e. The molecule has 1 aliphatic rings. The normalized spacial score (nSPS) is 21.9. The van der Waals surface area contributed by atoms with E-state index < -0.39 is 0 Å². The molecule has 0 bridgehead atoms. The van der Waals surface area contributed by atoms with Gasteiger partial charge in [0.05, 0.1) is 0 Å². The van der Waals surface area contributed by atoms with E-state index in [1.807, 2.05) is 11.8 Å². The second-order valence-electron chi connectivity index (χ2n) is 2.72. The quantitative estimate of drug-likeness (QED) is 0.610.